The van der Waals surface area contributed by atoms with E-state index in [1.54, 1.807) is 23.1 Å². The maximum absolute atomic E-state index is 13.5. The van der Waals surface area contributed by atoms with Crippen LogP contribution in [0.25, 0.3) is 0 Å². The van der Waals surface area contributed by atoms with Crippen LogP contribution in [0.5, 0.6) is 5.75 Å². The fourth-order valence-corrected chi connectivity index (χ4v) is 4.98. The summed E-state index contributed by atoms with van der Waals surface area (Å²) in [7, 11) is 0. The van der Waals surface area contributed by atoms with Crippen molar-refractivity contribution in [1.29, 1.82) is 0 Å². The van der Waals surface area contributed by atoms with Gasteiger partial charge in [-0.25, -0.2) is 4.79 Å². The Labute approximate surface area is 187 Å². The highest BCUT2D eigenvalue weighted by Crippen LogP contribution is 2.57. The van der Waals surface area contributed by atoms with Crippen molar-refractivity contribution in [2.75, 3.05) is 23.3 Å². The molecule has 1 unspecified atom stereocenters. The molecule has 1 spiro atoms. The molecular weight excluding hydrogens is 402 g/mol. The SMILES string of the molecule is O=C(Nc1ccccc1O)N1CCC2(CC1)C(=O)N(c1ccccc1)C2c1ccccc1. The number of para-hydroxylation sites is 3. The molecule has 3 aromatic carbocycles. The van der Waals surface area contributed by atoms with Crippen molar-refractivity contribution in [3.8, 4) is 5.75 Å². The number of likely N-dealkylation sites (tertiary alicyclic amines) is 1. The Morgan fingerprint density at radius 3 is 2.12 bits per heavy atom. The maximum atomic E-state index is 13.5. The van der Waals surface area contributed by atoms with Gasteiger partial charge in [0.15, 0.2) is 0 Å². The van der Waals surface area contributed by atoms with Crippen LogP contribution in [0.4, 0.5) is 16.2 Å². The Morgan fingerprint density at radius 2 is 1.47 bits per heavy atom. The second-order valence-electron chi connectivity index (χ2n) is 8.41. The van der Waals surface area contributed by atoms with E-state index in [9.17, 15) is 14.7 Å². The van der Waals surface area contributed by atoms with Crippen molar-refractivity contribution in [3.63, 3.8) is 0 Å². The number of nitrogens with zero attached hydrogens (tertiary/aromatic N) is 2. The molecule has 1 atom stereocenters. The summed E-state index contributed by atoms with van der Waals surface area (Å²) in [6, 6.07) is 26.3. The van der Waals surface area contributed by atoms with Crippen LogP contribution in [0, 0.1) is 5.41 Å². The van der Waals surface area contributed by atoms with Gasteiger partial charge in [0.05, 0.1) is 17.1 Å². The number of phenols is 1. The zero-order valence-corrected chi connectivity index (χ0v) is 17.6. The minimum Gasteiger partial charge on any atom is -0.506 e. The number of β-lactam (4-membered cyclic amide) rings is 1. The summed E-state index contributed by atoms with van der Waals surface area (Å²) in [5.74, 6) is 0.157. The fourth-order valence-electron chi connectivity index (χ4n) is 4.98. The number of hydrogen-bond acceptors (Lipinski definition) is 3. The number of nitrogens with one attached hydrogen (secondary N) is 1. The quantitative estimate of drug-likeness (QED) is 0.466. The number of aromatic hydroxyl groups is 1. The van der Waals surface area contributed by atoms with Crippen molar-refractivity contribution in [2.45, 2.75) is 18.9 Å². The van der Waals surface area contributed by atoms with Crippen LogP contribution >= 0.6 is 0 Å². The molecule has 2 saturated heterocycles. The van der Waals surface area contributed by atoms with Gasteiger partial charge in [0.25, 0.3) is 0 Å². The summed E-state index contributed by atoms with van der Waals surface area (Å²) >= 11 is 0. The molecular formula is C26H25N3O3. The molecule has 2 fully saturated rings. The zero-order valence-electron chi connectivity index (χ0n) is 17.6. The van der Waals surface area contributed by atoms with Crippen LogP contribution in [0.3, 0.4) is 0 Å². The molecule has 0 aromatic heterocycles. The number of urea groups is 1. The van der Waals surface area contributed by atoms with Gasteiger partial charge >= 0.3 is 6.03 Å². The summed E-state index contributed by atoms with van der Waals surface area (Å²) < 4.78 is 0. The van der Waals surface area contributed by atoms with Gasteiger partial charge in [0.2, 0.25) is 5.91 Å². The maximum Gasteiger partial charge on any atom is 0.321 e. The van der Waals surface area contributed by atoms with Crippen LogP contribution in [-0.2, 0) is 4.79 Å². The Hall–Kier alpha value is -3.80. The van der Waals surface area contributed by atoms with Crippen molar-refractivity contribution < 1.29 is 14.7 Å². The highest BCUT2D eigenvalue weighted by molar-refractivity contribution is 6.06. The lowest BCUT2D eigenvalue weighted by Gasteiger charge is -2.59. The Balaban J connectivity index is 1.36. The number of carbonyl (C=O) groups is 2. The van der Waals surface area contributed by atoms with Gasteiger partial charge in [-0.1, -0.05) is 60.7 Å². The molecule has 2 N–H and O–H groups in total. The van der Waals surface area contributed by atoms with Crippen LogP contribution in [0.15, 0.2) is 84.9 Å². The zero-order chi connectivity index (χ0) is 22.1. The first-order valence-corrected chi connectivity index (χ1v) is 10.9. The van der Waals surface area contributed by atoms with Crippen LogP contribution < -0.4 is 10.2 Å². The number of anilines is 2. The number of piperidine rings is 1. The second-order valence-corrected chi connectivity index (χ2v) is 8.41. The van der Waals surface area contributed by atoms with Crippen LogP contribution in [0.1, 0.15) is 24.4 Å². The van der Waals surface area contributed by atoms with E-state index in [1.807, 2.05) is 53.4 Å². The predicted molar refractivity (Wildman–Crippen MR) is 123 cm³/mol. The molecule has 3 amide bonds. The fraction of sp³-hybridized carbons (Fsp3) is 0.231. The summed E-state index contributed by atoms with van der Waals surface area (Å²) in [4.78, 5) is 29.9. The summed E-state index contributed by atoms with van der Waals surface area (Å²) in [5.41, 5.74) is 1.89. The van der Waals surface area contributed by atoms with Gasteiger partial charge in [0, 0.05) is 18.8 Å². The molecule has 32 heavy (non-hydrogen) atoms. The van der Waals surface area contributed by atoms with E-state index in [1.165, 1.54) is 6.07 Å². The average Bonchev–Trinajstić information content (AvgIpc) is 2.84. The number of carbonyl (C=O) groups excluding carboxylic acids is 2. The molecule has 162 valence electrons. The lowest BCUT2D eigenvalue weighted by molar-refractivity contribution is -0.144. The minimum atomic E-state index is -0.511. The van der Waals surface area contributed by atoms with E-state index in [4.69, 9.17) is 0 Å². The standard InChI is InChI=1S/C26H25N3O3/c30-22-14-8-7-13-21(22)27-25(32)28-17-15-26(16-18-28)23(19-9-3-1-4-10-19)29(24(26)31)20-11-5-2-6-12-20/h1-14,23,30H,15-18H2,(H,27,32). The molecule has 3 aromatic rings. The van der Waals surface area contributed by atoms with E-state index in [2.05, 4.69) is 17.4 Å². The van der Waals surface area contributed by atoms with Crippen molar-refractivity contribution in [3.05, 3.63) is 90.5 Å². The summed E-state index contributed by atoms with van der Waals surface area (Å²) in [5, 5.41) is 12.7. The molecule has 0 saturated carbocycles. The lowest BCUT2D eigenvalue weighted by atomic mass is 9.62. The summed E-state index contributed by atoms with van der Waals surface area (Å²) in [6.07, 6.45) is 1.20. The molecule has 6 heteroatoms. The van der Waals surface area contributed by atoms with Gasteiger partial charge in [0.1, 0.15) is 5.75 Å². The third-order valence-electron chi connectivity index (χ3n) is 6.66. The van der Waals surface area contributed by atoms with E-state index >= 15 is 0 Å². The molecule has 2 aliphatic rings. The number of hydrogen-bond donors (Lipinski definition) is 2. The Kier molecular flexibility index (Phi) is 5.05. The highest BCUT2D eigenvalue weighted by atomic mass is 16.3. The van der Waals surface area contributed by atoms with Crippen molar-refractivity contribution >= 4 is 23.3 Å². The molecule has 0 bridgehead atoms. The number of phenolic OH excluding ortho intramolecular Hbond substituents is 1. The molecule has 0 aliphatic carbocycles. The van der Waals surface area contributed by atoms with Gasteiger partial charge in [-0.15, -0.1) is 0 Å². The third-order valence-corrected chi connectivity index (χ3v) is 6.66. The number of rotatable bonds is 3. The highest BCUT2D eigenvalue weighted by Gasteiger charge is 2.62. The first kappa shape index (κ1) is 20.1. The largest absolute Gasteiger partial charge is 0.506 e. The smallest absolute Gasteiger partial charge is 0.321 e. The van der Waals surface area contributed by atoms with Crippen LogP contribution in [0.2, 0.25) is 0 Å². The summed E-state index contributed by atoms with van der Waals surface area (Å²) in [6.45, 7) is 0.967. The second kappa shape index (κ2) is 8.04. The molecule has 2 heterocycles. The predicted octanol–water partition coefficient (Wildman–Crippen LogP) is 4.79. The molecule has 5 rings (SSSR count). The lowest BCUT2D eigenvalue weighted by Crippen LogP contribution is -2.67. The van der Waals surface area contributed by atoms with Gasteiger partial charge in [-0.2, -0.15) is 0 Å². The topological polar surface area (TPSA) is 72.9 Å². The van der Waals surface area contributed by atoms with Gasteiger partial charge in [-0.3, -0.25) is 4.79 Å². The van der Waals surface area contributed by atoms with E-state index in [0.29, 0.717) is 31.6 Å². The number of amides is 3. The third kappa shape index (κ3) is 3.28. The van der Waals surface area contributed by atoms with Gasteiger partial charge in [-0.05, 0) is 42.7 Å². The van der Waals surface area contributed by atoms with Crippen LogP contribution in [-0.4, -0.2) is 35.0 Å². The average molecular weight is 428 g/mol. The molecule has 6 nitrogen and oxygen atoms in total. The van der Waals surface area contributed by atoms with E-state index in [0.717, 1.165) is 11.3 Å². The monoisotopic (exact) mass is 427 g/mol. The van der Waals surface area contributed by atoms with E-state index in [-0.39, 0.29) is 23.7 Å². The first-order valence-electron chi connectivity index (χ1n) is 10.9. The van der Waals surface area contributed by atoms with Crippen molar-refractivity contribution in [1.82, 2.24) is 4.90 Å². The normalized spacial score (nSPS) is 19.5. The molecule has 2 aliphatic heterocycles. The van der Waals surface area contributed by atoms with Crippen molar-refractivity contribution in [2.24, 2.45) is 5.41 Å². The number of benzene rings is 3. The minimum absolute atomic E-state index is 0.0335. The first-order chi connectivity index (χ1) is 15.6. The molecule has 0 radical (unpaired) electrons. The Bertz CT molecular complexity index is 1130. The Morgan fingerprint density at radius 1 is 0.875 bits per heavy atom. The van der Waals surface area contributed by atoms with Gasteiger partial charge < -0.3 is 20.2 Å². The van der Waals surface area contributed by atoms with E-state index < -0.39 is 5.41 Å².